The Morgan fingerprint density at radius 1 is 1.29 bits per heavy atom. The minimum absolute atomic E-state index is 0.0757. The molecule has 0 saturated carbocycles. The zero-order valence-electron chi connectivity index (χ0n) is 12.6. The largest absolute Gasteiger partial charge is 0.405 e. The number of aromatic nitrogens is 2. The molecule has 0 bridgehead atoms. The van der Waals surface area contributed by atoms with Crippen molar-refractivity contribution in [1.29, 1.82) is 0 Å². The van der Waals surface area contributed by atoms with E-state index in [1.807, 2.05) is 30.3 Å². The second-order valence-electron chi connectivity index (χ2n) is 4.81. The average molecular weight is 376 g/mol. The zero-order valence-corrected chi connectivity index (χ0v) is 14.3. The Kier molecular flexibility index (Phi) is 6.44. The summed E-state index contributed by atoms with van der Waals surface area (Å²) >= 11 is 2.14. The Bertz CT molecular complexity index is 664. The number of hydrogen-bond donors (Lipinski definition) is 2. The summed E-state index contributed by atoms with van der Waals surface area (Å²) in [4.78, 5) is 12.0. The second-order valence-corrected chi connectivity index (χ2v) is 7.37. The van der Waals surface area contributed by atoms with E-state index in [9.17, 15) is 18.0 Å². The number of hydrogen-bond acceptors (Lipinski definition) is 6. The van der Waals surface area contributed by atoms with Gasteiger partial charge in [-0.15, -0.1) is 10.2 Å². The van der Waals surface area contributed by atoms with Gasteiger partial charge in [-0.05, 0) is 12.5 Å². The minimum Gasteiger partial charge on any atom is -0.351 e. The van der Waals surface area contributed by atoms with Gasteiger partial charge in [-0.2, -0.15) is 13.2 Å². The van der Waals surface area contributed by atoms with Crippen LogP contribution in [-0.4, -0.2) is 34.1 Å². The molecule has 0 fully saturated rings. The smallest absolute Gasteiger partial charge is 0.351 e. The van der Waals surface area contributed by atoms with Crippen molar-refractivity contribution in [2.45, 2.75) is 29.2 Å². The molecule has 1 amide bonds. The highest BCUT2D eigenvalue weighted by Crippen LogP contribution is 2.29. The van der Waals surface area contributed by atoms with Gasteiger partial charge in [0.1, 0.15) is 6.54 Å². The van der Waals surface area contributed by atoms with E-state index in [0.717, 1.165) is 28.7 Å². The van der Waals surface area contributed by atoms with Crippen molar-refractivity contribution in [3.8, 4) is 0 Å². The van der Waals surface area contributed by atoms with Crippen molar-refractivity contribution in [3.63, 3.8) is 0 Å². The third kappa shape index (κ3) is 6.36. The maximum absolute atomic E-state index is 12.1. The number of anilines is 1. The minimum atomic E-state index is -4.32. The first-order chi connectivity index (χ1) is 11.3. The molecule has 0 unspecified atom stereocenters. The van der Waals surface area contributed by atoms with Gasteiger partial charge < -0.3 is 10.6 Å². The first-order valence-corrected chi connectivity index (χ1v) is 8.65. The highest BCUT2D eigenvalue weighted by molar-refractivity contribution is 8.02. The molecule has 0 saturated heterocycles. The van der Waals surface area contributed by atoms with Gasteiger partial charge in [0.05, 0.1) is 5.25 Å². The highest BCUT2D eigenvalue weighted by Gasteiger charge is 2.27. The topological polar surface area (TPSA) is 66.9 Å². The first-order valence-electron chi connectivity index (χ1n) is 6.96. The van der Waals surface area contributed by atoms with E-state index < -0.39 is 18.0 Å². The molecule has 0 aliphatic heterocycles. The number of carbonyl (C=O) groups is 1. The van der Waals surface area contributed by atoms with E-state index in [1.54, 1.807) is 6.92 Å². The first kappa shape index (κ1) is 18.5. The van der Waals surface area contributed by atoms with E-state index in [1.165, 1.54) is 0 Å². The van der Waals surface area contributed by atoms with Gasteiger partial charge >= 0.3 is 6.18 Å². The van der Waals surface area contributed by atoms with Crippen molar-refractivity contribution in [2.75, 3.05) is 11.9 Å². The van der Waals surface area contributed by atoms with Crippen LogP contribution in [0.25, 0.3) is 0 Å². The summed E-state index contributed by atoms with van der Waals surface area (Å²) in [5.74, 6) is -0.177. The standard InChI is InChI=1S/C14H15F3N4OS2/c1-9(11(22)18-7-10-5-3-2-4-6-10)23-13-21-20-12(24-13)19-8-14(15,16)17/h2-6,9H,7-8H2,1H3,(H,18,22)(H,19,20)/t9-/m0/s1. The molecule has 2 rings (SSSR count). The molecule has 1 aromatic carbocycles. The van der Waals surface area contributed by atoms with Gasteiger partial charge in [0, 0.05) is 6.54 Å². The molecular formula is C14H15F3N4OS2. The molecule has 10 heteroatoms. The van der Waals surface area contributed by atoms with E-state index in [-0.39, 0.29) is 11.0 Å². The van der Waals surface area contributed by atoms with Gasteiger partial charge in [0.25, 0.3) is 0 Å². The van der Waals surface area contributed by atoms with Crippen molar-refractivity contribution in [2.24, 2.45) is 0 Å². The van der Waals surface area contributed by atoms with Gasteiger partial charge in [0.15, 0.2) is 4.34 Å². The van der Waals surface area contributed by atoms with E-state index >= 15 is 0 Å². The van der Waals surface area contributed by atoms with Crippen LogP contribution < -0.4 is 10.6 Å². The number of thioether (sulfide) groups is 1. The van der Waals surface area contributed by atoms with Gasteiger partial charge in [-0.25, -0.2) is 0 Å². The van der Waals surface area contributed by atoms with E-state index in [2.05, 4.69) is 20.8 Å². The summed E-state index contributed by atoms with van der Waals surface area (Å²) in [6.45, 7) is 0.952. The lowest BCUT2D eigenvalue weighted by Crippen LogP contribution is -2.30. The molecule has 2 aromatic rings. The van der Waals surface area contributed by atoms with Gasteiger partial charge in [-0.3, -0.25) is 4.79 Å². The number of halogens is 3. The van der Waals surface area contributed by atoms with E-state index in [4.69, 9.17) is 0 Å². The van der Waals surface area contributed by atoms with Crippen LogP contribution in [0.5, 0.6) is 0 Å². The molecule has 0 spiro atoms. The van der Waals surface area contributed by atoms with Crippen LogP contribution in [0.3, 0.4) is 0 Å². The normalized spacial score (nSPS) is 12.7. The van der Waals surface area contributed by atoms with Crippen LogP contribution in [0.2, 0.25) is 0 Å². The van der Waals surface area contributed by atoms with Crippen molar-refractivity contribution in [3.05, 3.63) is 35.9 Å². The molecule has 130 valence electrons. The number of nitrogens with one attached hydrogen (secondary N) is 2. The summed E-state index contributed by atoms with van der Waals surface area (Å²) in [5, 5.41) is 12.0. The molecular weight excluding hydrogens is 361 g/mol. The number of rotatable bonds is 7. The lowest BCUT2D eigenvalue weighted by molar-refractivity contribution is -0.120. The molecule has 0 radical (unpaired) electrons. The number of amides is 1. The fourth-order valence-electron chi connectivity index (χ4n) is 1.64. The fraction of sp³-hybridized carbons (Fsp3) is 0.357. The number of nitrogens with zero attached hydrogens (tertiary/aromatic N) is 2. The number of carbonyl (C=O) groups excluding carboxylic acids is 1. The summed E-state index contributed by atoms with van der Waals surface area (Å²) in [7, 11) is 0. The molecule has 5 nitrogen and oxygen atoms in total. The predicted octanol–water partition coefficient (Wildman–Crippen LogP) is 3.31. The molecule has 24 heavy (non-hydrogen) atoms. The molecule has 2 N–H and O–H groups in total. The Morgan fingerprint density at radius 3 is 2.67 bits per heavy atom. The van der Waals surface area contributed by atoms with E-state index in [0.29, 0.717) is 10.9 Å². The fourth-order valence-corrected chi connectivity index (χ4v) is 3.55. The van der Waals surface area contributed by atoms with Crippen molar-refractivity contribution < 1.29 is 18.0 Å². The maximum Gasteiger partial charge on any atom is 0.405 e. The molecule has 1 heterocycles. The van der Waals surface area contributed by atoms with Crippen molar-refractivity contribution in [1.82, 2.24) is 15.5 Å². The second kappa shape index (κ2) is 8.34. The van der Waals surface area contributed by atoms with Gasteiger partial charge in [0.2, 0.25) is 11.0 Å². The van der Waals surface area contributed by atoms with Crippen LogP contribution in [0.15, 0.2) is 34.7 Å². The lowest BCUT2D eigenvalue weighted by atomic mass is 10.2. The predicted molar refractivity (Wildman–Crippen MR) is 88.1 cm³/mol. The SMILES string of the molecule is C[C@H](Sc1nnc(NCC(F)(F)F)s1)C(=O)NCc1ccccc1. The summed E-state index contributed by atoms with van der Waals surface area (Å²) in [6, 6.07) is 9.47. The van der Waals surface area contributed by atoms with Crippen LogP contribution in [-0.2, 0) is 11.3 Å². The molecule has 1 aromatic heterocycles. The Morgan fingerprint density at radius 2 is 2.00 bits per heavy atom. The average Bonchev–Trinajstić information content (AvgIpc) is 2.98. The zero-order chi connectivity index (χ0) is 17.6. The molecule has 1 atom stereocenters. The summed E-state index contributed by atoms with van der Waals surface area (Å²) in [6.07, 6.45) is -4.32. The Labute approximate surface area is 145 Å². The summed E-state index contributed by atoms with van der Waals surface area (Å²) in [5.41, 5.74) is 0.984. The quantitative estimate of drug-likeness (QED) is 0.726. The monoisotopic (exact) mass is 376 g/mol. The third-order valence-corrected chi connectivity index (χ3v) is 4.87. The molecule has 0 aliphatic carbocycles. The van der Waals surface area contributed by atoms with Gasteiger partial charge in [-0.1, -0.05) is 53.4 Å². The Hall–Kier alpha value is -1.81. The van der Waals surface area contributed by atoms with Crippen LogP contribution in [0.4, 0.5) is 18.3 Å². The van der Waals surface area contributed by atoms with Crippen LogP contribution in [0, 0.1) is 0 Å². The maximum atomic E-state index is 12.1. The van der Waals surface area contributed by atoms with Crippen molar-refractivity contribution >= 4 is 34.1 Å². The number of alkyl halides is 3. The highest BCUT2D eigenvalue weighted by atomic mass is 32.2. The van der Waals surface area contributed by atoms with Crippen LogP contribution >= 0.6 is 23.1 Å². The lowest BCUT2D eigenvalue weighted by Gasteiger charge is -2.10. The molecule has 0 aliphatic rings. The number of benzene rings is 1. The Balaban J connectivity index is 1.80. The summed E-state index contributed by atoms with van der Waals surface area (Å²) < 4.78 is 36.8. The third-order valence-electron chi connectivity index (χ3n) is 2.80. The van der Waals surface area contributed by atoms with Crippen LogP contribution in [0.1, 0.15) is 12.5 Å².